The maximum absolute atomic E-state index is 12.9. The summed E-state index contributed by atoms with van der Waals surface area (Å²) in [5.41, 5.74) is 4.77. The van der Waals surface area contributed by atoms with Gasteiger partial charge in [-0.2, -0.15) is 0 Å². The van der Waals surface area contributed by atoms with Crippen molar-refractivity contribution in [1.29, 1.82) is 0 Å². The molecule has 1 fully saturated rings. The number of imide groups is 1. The van der Waals surface area contributed by atoms with E-state index >= 15 is 0 Å². The number of carbonyl (C=O) groups is 4. The summed E-state index contributed by atoms with van der Waals surface area (Å²) in [4.78, 5) is 51.5. The Hall–Kier alpha value is -4.57. The van der Waals surface area contributed by atoms with Crippen molar-refractivity contribution in [3.63, 3.8) is 0 Å². The molecule has 0 aliphatic carbocycles. The first-order chi connectivity index (χ1) is 19.1. The summed E-state index contributed by atoms with van der Waals surface area (Å²) >= 11 is 0.758. The molecule has 4 amide bonds. The molecule has 1 aliphatic rings. The zero-order valence-corrected chi connectivity index (χ0v) is 23.4. The van der Waals surface area contributed by atoms with E-state index in [-0.39, 0.29) is 17.4 Å². The van der Waals surface area contributed by atoms with Crippen LogP contribution in [0.15, 0.2) is 65.6 Å². The van der Waals surface area contributed by atoms with E-state index < -0.39 is 23.6 Å². The molecular formula is C30H29N3O6S. The number of nitrogens with one attached hydrogen (secondary N) is 2. The van der Waals surface area contributed by atoms with E-state index in [0.29, 0.717) is 28.4 Å². The number of thioether (sulfide) groups is 1. The average molecular weight is 560 g/mol. The summed E-state index contributed by atoms with van der Waals surface area (Å²) in [6, 6.07) is 18.0. The van der Waals surface area contributed by atoms with E-state index in [9.17, 15) is 19.2 Å². The lowest BCUT2D eigenvalue weighted by molar-refractivity contribution is -0.127. The van der Waals surface area contributed by atoms with Crippen LogP contribution in [0.1, 0.15) is 22.3 Å². The van der Waals surface area contributed by atoms with E-state index in [4.69, 9.17) is 9.47 Å². The lowest BCUT2D eigenvalue weighted by atomic mass is 10.1. The van der Waals surface area contributed by atoms with Crippen LogP contribution < -0.4 is 20.1 Å². The van der Waals surface area contributed by atoms with Crippen LogP contribution in [-0.4, -0.2) is 48.1 Å². The fourth-order valence-corrected chi connectivity index (χ4v) is 4.83. The molecular weight excluding hydrogens is 530 g/mol. The van der Waals surface area contributed by atoms with Gasteiger partial charge in [0.15, 0.2) is 18.1 Å². The molecule has 0 saturated carbocycles. The van der Waals surface area contributed by atoms with Crippen molar-refractivity contribution in [2.75, 3.05) is 30.9 Å². The fraction of sp³-hybridized carbons (Fsp3) is 0.200. The Labute approximate surface area is 236 Å². The van der Waals surface area contributed by atoms with Crippen LogP contribution in [0.5, 0.6) is 11.5 Å². The lowest BCUT2D eigenvalue weighted by Gasteiger charge is -2.15. The van der Waals surface area contributed by atoms with Crippen LogP contribution in [0, 0.1) is 20.8 Å². The van der Waals surface area contributed by atoms with Crippen molar-refractivity contribution >= 4 is 52.2 Å². The zero-order chi connectivity index (χ0) is 28.8. The number of aryl methyl sites for hydroxylation is 3. The molecule has 4 rings (SSSR count). The topological polar surface area (TPSA) is 114 Å². The van der Waals surface area contributed by atoms with E-state index in [0.717, 1.165) is 33.4 Å². The molecule has 3 aromatic rings. The van der Waals surface area contributed by atoms with Crippen LogP contribution >= 0.6 is 11.8 Å². The van der Waals surface area contributed by atoms with E-state index in [1.54, 1.807) is 24.3 Å². The van der Waals surface area contributed by atoms with Crippen LogP contribution in [-0.2, 0) is 14.4 Å². The van der Waals surface area contributed by atoms with Crippen LogP contribution in [0.4, 0.5) is 16.2 Å². The standard InChI is InChI=1S/C30H29N3O6S/c1-18-8-11-22(12-9-18)31-27(35)17-39-23-13-10-21(14-24(23)38-4)15-25-29(36)33(30(37)40-25)16-26(34)32-28-19(2)6-5-7-20(28)3/h5-15H,16-17H2,1-4H3,(H,31,35)(H,32,34)/b25-15+. The molecule has 0 atom stereocenters. The Balaban J connectivity index is 1.39. The summed E-state index contributed by atoms with van der Waals surface area (Å²) in [6.07, 6.45) is 1.55. The second-order valence-electron chi connectivity index (χ2n) is 9.20. The van der Waals surface area contributed by atoms with Crippen molar-refractivity contribution in [1.82, 2.24) is 4.90 Å². The minimum Gasteiger partial charge on any atom is -0.493 e. The van der Waals surface area contributed by atoms with Gasteiger partial charge in [0.05, 0.1) is 12.0 Å². The quantitative estimate of drug-likeness (QED) is 0.342. The van der Waals surface area contributed by atoms with Gasteiger partial charge in [-0.1, -0.05) is 42.0 Å². The molecule has 2 N–H and O–H groups in total. The minimum absolute atomic E-state index is 0.179. The zero-order valence-electron chi connectivity index (χ0n) is 22.6. The maximum atomic E-state index is 12.9. The van der Waals surface area contributed by atoms with E-state index in [1.165, 1.54) is 7.11 Å². The summed E-state index contributed by atoms with van der Waals surface area (Å²) < 4.78 is 11.0. The van der Waals surface area contributed by atoms with Gasteiger partial charge in [-0.3, -0.25) is 24.1 Å². The summed E-state index contributed by atoms with van der Waals surface area (Å²) in [5, 5.41) is 5.03. The van der Waals surface area contributed by atoms with Gasteiger partial charge in [0.25, 0.3) is 17.1 Å². The normalized spacial score (nSPS) is 13.9. The number of anilines is 2. The molecule has 0 spiro atoms. The summed E-state index contributed by atoms with van der Waals surface area (Å²) in [5.74, 6) is -0.654. The number of methoxy groups -OCH3 is 1. The SMILES string of the molecule is COc1cc(/C=C2/SC(=O)N(CC(=O)Nc3c(C)cccc3C)C2=O)ccc1OCC(=O)Nc1ccc(C)cc1. The Bertz CT molecular complexity index is 1480. The molecule has 40 heavy (non-hydrogen) atoms. The van der Waals surface area contributed by atoms with Gasteiger partial charge < -0.3 is 20.1 Å². The number of ether oxygens (including phenoxy) is 2. The molecule has 0 radical (unpaired) electrons. The molecule has 1 aliphatic heterocycles. The van der Waals surface area contributed by atoms with Crippen molar-refractivity contribution in [3.05, 3.63) is 87.8 Å². The monoisotopic (exact) mass is 559 g/mol. The molecule has 0 bridgehead atoms. The Kier molecular flexibility index (Phi) is 8.90. The molecule has 206 valence electrons. The van der Waals surface area contributed by atoms with Gasteiger partial charge in [-0.25, -0.2) is 0 Å². The molecule has 1 heterocycles. The predicted molar refractivity (Wildman–Crippen MR) is 156 cm³/mol. The second kappa shape index (κ2) is 12.5. The number of hydrogen-bond donors (Lipinski definition) is 2. The van der Waals surface area contributed by atoms with E-state index in [1.807, 2.05) is 63.2 Å². The molecule has 3 aromatic carbocycles. The maximum Gasteiger partial charge on any atom is 0.294 e. The smallest absolute Gasteiger partial charge is 0.294 e. The van der Waals surface area contributed by atoms with Crippen LogP contribution in [0.2, 0.25) is 0 Å². The van der Waals surface area contributed by atoms with Crippen molar-refractivity contribution in [2.45, 2.75) is 20.8 Å². The van der Waals surface area contributed by atoms with Gasteiger partial charge in [0.2, 0.25) is 5.91 Å². The van der Waals surface area contributed by atoms with Gasteiger partial charge in [0, 0.05) is 11.4 Å². The number of para-hydroxylation sites is 1. The number of hydrogen-bond acceptors (Lipinski definition) is 7. The van der Waals surface area contributed by atoms with Gasteiger partial charge >= 0.3 is 0 Å². The Morgan fingerprint density at radius 3 is 2.27 bits per heavy atom. The number of rotatable bonds is 9. The highest BCUT2D eigenvalue weighted by atomic mass is 32.2. The van der Waals surface area contributed by atoms with Gasteiger partial charge in [-0.05, 0) is 79.6 Å². The highest BCUT2D eigenvalue weighted by Gasteiger charge is 2.36. The first-order valence-electron chi connectivity index (χ1n) is 12.4. The van der Waals surface area contributed by atoms with E-state index in [2.05, 4.69) is 10.6 Å². The molecule has 10 heteroatoms. The molecule has 0 aromatic heterocycles. The lowest BCUT2D eigenvalue weighted by Crippen LogP contribution is -2.36. The number of nitrogens with zero attached hydrogens (tertiary/aromatic N) is 1. The van der Waals surface area contributed by atoms with Gasteiger partial charge in [0.1, 0.15) is 6.54 Å². The van der Waals surface area contributed by atoms with Crippen molar-refractivity contribution < 1.29 is 28.7 Å². The predicted octanol–water partition coefficient (Wildman–Crippen LogP) is 5.31. The minimum atomic E-state index is -0.557. The molecule has 0 unspecified atom stereocenters. The van der Waals surface area contributed by atoms with Crippen molar-refractivity contribution in [2.24, 2.45) is 0 Å². The first-order valence-corrected chi connectivity index (χ1v) is 13.2. The van der Waals surface area contributed by atoms with Crippen molar-refractivity contribution in [3.8, 4) is 11.5 Å². The third-order valence-corrected chi connectivity index (χ3v) is 7.01. The molecule has 9 nitrogen and oxygen atoms in total. The Morgan fingerprint density at radius 2 is 1.60 bits per heavy atom. The fourth-order valence-electron chi connectivity index (χ4n) is 3.99. The highest BCUT2D eigenvalue weighted by molar-refractivity contribution is 8.18. The number of carbonyl (C=O) groups excluding carboxylic acids is 4. The third-order valence-electron chi connectivity index (χ3n) is 6.10. The second-order valence-corrected chi connectivity index (χ2v) is 10.2. The summed E-state index contributed by atoms with van der Waals surface area (Å²) in [7, 11) is 1.46. The van der Waals surface area contributed by atoms with Gasteiger partial charge in [-0.15, -0.1) is 0 Å². The van der Waals surface area contributed by atoms with Crippen LogP contribution in [0.3, 0.4) is 0 Å². The Morgan fingerprint density at radius 1 is 0.900 bits per heavy atom. The molecule has 1 saturated heterocycles. The summed E-state index contributed by atoms with van der Waals surface area (Å²) in [6.45, 7) is 5.08. The number of benzene rings is 3. The third kappa shape index (κ3) is 6.89. The first kappa shape index (κ1) is 28.4. The van der Waals surface area contributed by atoms with Crippen LogP contribution in [0.25, 0.3) is 6.08 Å². The average Bonchev–Trinajstić information content (AvgIpc) is 3.18. The highest BCUT2D eigenvalue weighted by Crippen LogP contribution is 2.34. The number of amides is 4. The largest absolute Gasteiger partial charge is 0.493 e.